The molecule has 1 amide bonds. The van der Waals surface area contributed by atoms with Gasteiger partial charge in [-0.05, 0) is 18.4 Å². The van der Waals surface area contributed by atoms with Crippen LogP contribution in [0.3, 0.4) is 0 Å². The zero-order valence-corrected chi connectivity index (χ0v) is 11.1. The Hall–Kier alpha value is -2.04. The van der Waals surface area contributed by atoms with Crippen molar-refractivity contribution in [3.63, 3.8) is 0 Å². The molecule has 1 unspecified atom stereocenters. The highest BCUT2D eigenvalue weighted by Gasteiger charge is 2.59. The molecule has 0 aromatic heterocycles. The molecular weight excluding hydrogens is 258 g/mol. The van der Waals surface area contributed by atoms with E-state index in [1.165, 1.54) is 4.90 Å². The van der Waals surface area contributed by atoms with Crippen LogP contribution in [0, 0.1) is 11.3 Å². The van der Waals surface area contributed by atoms with Crippen LogP contribution in [-0.2, 0) is 16.1 Å². The molecule has 5 nitrogen and oxygen atoms in total. The molecule has 1 heterocycles. The van der Waals surface area contributed by atoms with Crippen molar-refractivity contribution >= 4 is 12.1 Å². The number of aliphatic carboxylic acids is 1. The topological polar surface area (TPSA) is 66.8 Å². The maximum atomic E-state index is 12.0. The summed E-state index contributed by atoms with van der Waals surface area (Å²) in [5, 5.41) is 9.22. The lowest BCUT2D eigenvalue weighted by molar-refractivity contribution is -0.142. The van der Waals surface area contributed by atoms with Gasteiger partial charge in [0.25, 0.3) is 0 Å². The quantitative estimate of drug-likeness (QED) is 0.917. The van der Waals surface area contributed by atoms with E-state index in [1.807, 2.05) is 30.3 Å². The molecule has 1 saturated heterocycles. The number of hydrogen-bond acceptors (Lipinski definition) is 3. The molecule has 2 aliphatic rings. The molecule has 1 atom stereocenters. The van der Waals surface area contributed by atoms with Gasteiger partial charge in [-0.25, -0.2) is 4.79 Å². The van der Waals surface area contributed by atoms with Gasteiger partial charge >= 0.3 is 12.1 Å². The maximum absolute atomic E-state index is 12.0. The van der Waals surface area contributed by atoms with Crippen LogP contribution < -0.4 is 0 Å². The summed E-state index contributed by atoms with van der Waals surface area (Å²) >= 11 is 0. The van der Waals surface area contributed by atoms with E-state index in [4.69, 9.17) is 4.74 Å². The molecule has 20 heavy (non-hydrogen) atoms. The fourth-order valence-electron chi connectivity index (χ4n) is 2.93. The zero-order chi connectivity index (χ0) is 14.2. The summed E-state index contributed by atoms with van der Waals surface area (Å²) < 4.78 is 5.26. The number of carboxylic acids is 1. The third-order valence-electron chi connectivity index (χ3n) is 4.30. The Bertz CT molecular complexity index is 524. The molecule has 0 bridgehead atoms. The standard InChI is InChI=1S/C15H17NO4/c17-13(18)12-8-16(10-15(12)6-7-15)14(19)20-9-11-4-2-1-3-5-11/h1-5,12H,6-10H2,(H,17,18). The highest BCUT2D eigenvalue weighted by molar-refractivity contribution is 5.76. The van der Waals surface area contributed by atoms with Gasteiger partial charge in [-0.1, -0.05) is 30.3 Å². The lowest BCUT2D eigenvalue weighted by Gasteiger charge is -2.15. The smallest absolute Gasteiger partial charge is 0.410 e. The average Bonchev–Trinajstić information content (AvgIpc) is 3.09. The van der Waals surface area contributed by atoms with E-state index in [1.54, 1.807) is 0 Å². The summed E-state index contributed by atoms with van der Waals surface area (Å²) in [5.41, 5.74) is 0.744. The van der Waals surface area contributed by atoms with Gasteiger partial charge in [0.2, 0.25) is 0 Å². The molecular formula is C15H17NO4. The molecule has 5 heteroatoms. The molecule has 1 saturated carbocycles. The molecule has 1 N–H and O–H groups in total. The molecule has 106 valence electrons. The number of carbonyl (C=O) groups excluding carboxylic acids is 1. The van der Waals surface area contributed by atoms with Gasteiger partial charge < -0.3 is 14.7 Å². The minimum absolute atomic E-state index is 0.183. The van der Waals surface area contributed by atoms with E-state index in [0.29, 0.717) is 6.54 Å². The Morgan fingerprint density at radius 3 is 2.55 bits per heavy atom. The van der Waals surface area contributed by atoms with Crippen LogP contribution in [-0.4, -0.2) is 35.2 Å². The first-order chi connectivity index (χ1) is 9.61. The highest BCUT2D eigenvalue weighted by Crippen LogP contribution is 2.56. The van der Waals surface area contributed by atoms with Crippen molar-refractivity contribution in [2.45, 2.75) is 19.4 Å². The number of rotatable bonds is 3. The summed E-state index contributed by atoms with van der Waals surface area (Å²) in [4.78, 5) is 24.8. The first-order valence-electron chi connectivity index (χ1n) is 6.79. The summed E-state index contributed by atoms with van der Waals surface area (Å²) in [7, 11) is 0. The van der Waals surface area contributed by atoms with E-state index in [0.717, 1.165) is 18.4 Å². The molecule has 1 aliphatic carbocycles. The summed E-state index contributed by atoms with van der Waals surface area (Å²) in [6.45, 7) is 1.00. The number of likely N-dealkylation sites (tertiary alicyclic amines) is 1. The Morgan fingerprint density at radius 1 is 1.30 bits per heavy atom. The van der Waals surface area contributed by atoms with E-state index in [-0.39, 0.29) is 18.6 Å². The Morgan fingerprint density at radius 2 is 2.00 bits per heavy atom. The molecule has 1 aromatic carbocycles. The van der Waals surface area contributed by atoms with E-state index >= 15 is 0 Å². The fraction of sp³-hybridized carbons (Fsp3) is 0.467. The molecule has 2 fully saturated rings. The predicted molar refractivity (Wildman–Crippen MR) is 71.0 cm³/mol. The van der Waals surface area contributed by atoms with E-state index in [9.17, 15) is 14.7 Å². The Labute approximate surface area is 117 Å². The van der Waals surface area contributed by atoms with Crippen LogP contribution in [0.25, 0.3) is 0 Å². The molecule has 1 aliphatic heterocycles. The van der Waals surface area contributed by atoms with Crippen LogP contribution in [0.5, 0.6) is 0 Å². The first-order valence-corrected chi connectivity index (χ1v) is 6.79. The van der Waals surface area contributed by atoms with Crippen molar-refractivity contribution in [3.8, 4) is 0 Å². The fourth-order valence-corrected chi connectivity index (χ4v) is 2.93. The molecule has 0 radical (unpaired) electrons. The van der Waals surface area contributed by atoms with Crippen LogP contribution in [0.2, 0.25) is 0 Å². The van der Waals surface area contributed by atoms with Crippen molar-refractivity contribution in [1.82, 2.24) is 4.90 Å². The number of hydrogen-bond donors (Lipinski definition) is 1. The third-order valence-corrected chi connectivity index (χ3v) is 4.30. The Balaban J connectivity index is 1.58. The Kier molecular flexibility index (Phi) is 3.12. The normalized spacial score (nSPS) is 22.8. The van der Waals surface area contributed by atoms with Gasteiger partial charge in [0, 0.05) is 18.5 Å². The number of benzene rings is 1. The van der Waals surface area contributed by atoms with Crippen LogP contribution in [0.1, 0.15) is 18.4 Å². The zero-order valence-electron chi connectivity index (χ0n) is 11.1. The van der Waals surface area contributed by atoms with Gasteiger partial charge in [0.1, 0.15) is 6.61 Å². The summed E-state index contributed by atoms with van der Waals surface area (Å²) in [6, 6.07) is 9.46. The van der Waals surface area contributed by atoms with Crippen LogP contribution in [0.4, 0.5) is 4.79 Å². The van der Waals surface area contributed by atoms with Gasteiger partial charge in [-0.15, -0.1) is 0 Å². The monoisotopic (exact) mass is 275 g/mol. The number of amides is 1. The predicted octanol–water partition coefficient (Wildman–Crippen LogP) is 2.12. The van der Waals surface area contributed by atoms with Crippen molar-refractivity contribution in [2.24, 2.45) is 11.3 Å². The highest BCUT2D eigenvalue weighted by atomic mass is 16.6. The number of ether oxygens (including phenoxy) is 1. The van der Waals surface area contributed by atoms with Gasteiger partial charge in [0.05, 0.1) is 5.92 Å². The van der Waals surface area contributed by atoms with Crippen molar-refractivity contribution in [3.05, 3.63) is 35.9 Å². The summed E-state index contributed by atoms with van der Waals surface area (Å²) in [5.74, 6) is -1.24. The van der Waals surface area contributed by atoms with Crippen molar-refractivity contribution < 1.29 is 19.4 Å². The van der Waals surface area contributed by atoms with Crippen LogP contribution >= 0.6 is 0 Å². The minimum Gasteiger partial charge on any atom is -0.481 e. The lowest BCUT2D eigenvalue weighted by atomic mass is 9.93. The van der Waals surface area contributed by atoms with Crippen LogP contribution in [0.15, 0.2) is 30.3 Å². The minimum atomic E-state index is -0.805. The average molecular weight is 275 g/mol. The van der Waals surface area contributed by atoms with Gasteiger partial charge in [-0.2, -0.15) is 0 Å². The first kappa shape index (κ1) is 13.0. The maximum Gasteiger partial charge on any atom is 0.410 e. The van der Waals surface area contributed by atoms with Crippen molar-refractivity contribution in [2.75, 3.05) is 13.1 Å². The lowest BCUT2D eigenvalue weighted by Crippen LogP contribution is -2.30. The third kappa shape index (κ3) is 2.35. The second-order valence-electron chi connectivity index (χ2n) is 5.67. The largest absolute Gasteiger partial charge is 0.481 e. The second kappa shape index (κ2) is 4.81. The van der Waals surface area contributed by atoms with E-state index < -0.39 is 18.0 Å². The van der Waals surface area contributed by atoms with Crippen molar-refractivity contribution in [1.29, 1.82) is 0 Å². The summed E-state index contributed by atoms with van der Waals surface area (Å²) in [6.07, 6.45) is 1.38. The number of carbonyl (C=O) groups is 2. The number of nitrogens with zero attached hydrogens (tertiary/aromatic N) is 1. The number of carboxylic acid groups (broad SMARTS) is 1. The molecule has 1 spiro atoms. The van der Waals surface area contributed by atoms with E-state index in [2.05, 4.69) is 0 Å². The molecule has 1 aromatic rings. The van der Waals surface area contributed by atoms with Gasteiger partial charge in [-0.3, -0.25) is 4.79 Å². The molecule has 3 rings (SSSR count). The SMILES string of the molecule is O=C(O)C1CN(C(=O)OCc2ccccc2)CC12CC2. The van der Waals surface area contributed by atoms with Gasteiger partial charge in [0.15, 0.2) is 0 Å². The second-order valence-corrected chi connectivity index (χ2v) is 5.67.